The predicted molar refractivity (Wildman–Crippen MR) is 113 cm³/mol. The van der Waals surface area contributed by atoms with E-state index in [-0.39, 0.29) is 0 Å². The lowest BCUT2D eigenvalue weighted by atomic mass is 10.1. The number of ether oxygens (including phenoxy) is 2. The number of benzene rings is 3. The summed E-state index contributed by atoms with van der Waals surface area (Å²) in [5.41, 5.74) is 3.18. The van der Waals surface area contributed by atoms with E-state index in [1.807, 2.05) is 60.7 Å². The van der Waals surface area contributed by atoms with Crippen molar-refractivity contribution in [2.24, 2.45) is 0 Å². The molecule has 134 valence electrons. The highest BCUT2D eigenvalue weighted by molar-refractivity contribution is 9.10. The van der Waals surface area contributed by atoms with Crippen LogP contribution in [0.5, 0.6) is 11.5 Å². The maximum atomic E-state index is 6.11. The monoisotopic (exact) mass is 475 g/mol. The first kappa shape index (κ1) is 18.8. The number of halogens is 2. The molecule has 0 unspecified atom stereocenters. The Morgan fingerprint density at radius 2 is 1.62 bits per heavy atom. The van der Waals surface area contributed by atoms with Gasteiger partial charge in [-0.2, -0.15) is 0 Å². The molecule has 0 radical (unpaired) electrons. The molecule has 3 rings (SSSR count). The molecule has 3 aromatic rings. The van der Waals surface area contributed by atoms with Crippen LogP contribution in [0.1, 0.15) is 11.1 Å². The predicted octanol–water partition coefficient (Wildman–Crippen LogP) is 6.41. The van der Waals surface area contributed by atoms with E-state index in [1.165, 1.54) is 0 Å². The quantitative estimate of drug-likeness (QED) is 0.427. The maximum Gasteiger partial charge on any atom is 0.166 e. The molecule has 0 saturated carbocycles. The highest BCUT2D eigenvalue weighted by Crippen LogP contribution is 2.36. The van der Waals surface area contributed by atoms with Crippen LogP contribution in [-0.4, -0.2) is 7.11 Å². The molecule has 0 heterocycles. The van der Waals surface area contributed by atoms with Crippen molar-refractivity contribution in [2.75, 3.05) is 12.4 Å². The molecule has 0 aliphatic carbocycles. The van der Waals surface area contributed by atoms with E-state index in [0.717, 1.165) is 31.5 Å². The Labute approximate surface area is 170 Å². The van der Waals surface area contributed by atoms with Crippen LogP contribution >= 0.6 is 31.9 Å². The molecule has 0 atom stereocenters. The Balaban J connectivity index is 1.80. The molecule has 26 heavy (non-hydrogen) atoms. The normalized spacial score (nSPS) is 10.4. The van der Waals surface area contributed by atoms with Crippen LogP contribution in [0.2, 0.25) is 0 Å². The molecule has 0 saturated heterocycles. The molecule has 0 fully saturated rings. The fourth-order valence-electron chi connectivity index (χ4n) is 2.56. The zero-order valence-corrected chi connectivity index (χ0v) is 17.5. The minimum atomic E-state index is 0.490. The van der Waals surface area contributed by atoms with Crippen LogP contribution < -0.4 is 14.8 Å². The summed E-state index contributed by atoms with van der Waals surface area (Å²) in [6.45, 7) is 1.12. The first-order valence-corrected chi connectivity index (χ1v) is 9.77. The minimum Gasteiger partial charge on any atom is -0.493 e. The van der Waals surface area contributed by atoms with Gasteiger partial charge >= 0.3 is 0 Å². The molecule has 5 heteroatoms. The molecule has 0 aliphatic heterocycles. The van der Waals surface area contributed by atoms with E-state index >= 15 is 0 Å². The standard InChI is InChI=1S/C21H19Br2NO2/c1-25-20-12-18(23)11-16(13-24-19-9-7-17(22)8-10-19)21(20)26-14-15-5-3-2-4-6-15/h2-12,24H,13-14H2,1H3. The zero-order chi connectivity index (χ0) is 18.4. The summed E-state index contributed by atoms with van der Waals surface area (Å²) < 4.78 is 13.7. The molecule has 0 amide bonds. The molecule has 0 aliphatic rings. The SMILES string of the molecule is COc1cc(Br)cc(CNc2ccc(Br)cc2)c1OCc1ccccc1. The largest absolute Gasteiger partial charge is 0.493 e. The minimum absolute atomic E-state index is 0.490. The van der Waals surface area contributed by atoms with Crippen molar-refractivity contribution in [3.63, 3.8) is 0 Å². The summed E-state index contributed by atoms with van der Waals surface area (Å²) in [7, 11) is 1.66. The summed E-state index contributed by atoms with van der Waals surface area (Å²) in [6.07, 6.45) is 0. The highest BCUT2D eigenvalue weighted by atomic mass is 79.9. The van der Waals surface area contributed by atoms with E-state index in [1.54, 1.807) is 7.11 Å². The van der Waals surface area contributed by atoms with Crippen LogP contribution in [0, 0.1) is 0 Å². The van der Waals surface area contributed by atoms with Crippen LogP contribution in [0.15, 0.2) is 75.7 Å². The van der Waals surface area contributed by atoms with Gasteiger partial charge in [-0.1, -0.05) is 62.2 Å². The fraction of sp³-hybridized carbons (Fsp3) is 0.143. The van der Waals surface area contributed by atoms with Crippen LogP contribution in [-0.2, 0) is 13.2 Å². The van der Waals surface area contributed by atoms with Crippen LogP contribution in [0.3, 0.4) is 0 Å². The second-order valence-corrected chi connectivity index (χ2v) is 7.56. The van der Waals surface area contributed by atoms with Crippen molar-refractivity contribution in [1.82, 2.24) is 0 Å². The Bertz CT molecular complexity index is 852. The summed E-state index contributed by atoms with van der Waals surface area (Å²) in [6, 6.07) is 22.2. The van der Waals surface area contributed by atoms with Gasteiger partial charge in [0, 0.05) is 26.7 Å². The molecule has 3 aromatic carbocycles. The van der Waals surface area contributed by atoms with Crippen molar-refractivity contribution in [3.8, 4) is 11.5 Å². The lowest BCUT2D eigenvalue weighted by Crippen LogP contribution is -2.05. The van der Waals surface area contributed by atoms with Gasteiger partial charge in [0.05, 0.1) is 7.11 Å². The van der Waals surface area contributed by atoms with Crippen molar-refractivity contribution < 1.29 is 9.47 Å². The van der Waals surface area contributed by atoms with Crippen molar-refractivity contribution in [2.45, 2.75) is 13.2 Å². The third-order valence-electron chi connectivity index (χ3n) is 3.87. The topological polar surface area (TPSA) is 30.5 Å². The molecular formula is C21H19Br2NO2. The van der Waals surface area contributed by atoms with Gasteiger partial charge < -0.3 is 14.8 Å². The van der Waals surface area contributed by atoms with E-state index in [4.69, 9.17) is 9.47 Å². The Kier molecular flexibility index (Phi) is 6.58. The number of nitrogens with one attached hydrogen (secondary N) is 1. The van der Waals surface area contributed by atoms with Crippen LogP contribution in [0.4, 0.5) is 5.69 Å². The van der Waals surface area contributed by atoms with E-state index in [9.17, 15) is 0 Å². The lowest BCUT2D eigenvalue weighted by Gasteiger charge is -2.17. The number of anilines is 1. The highest BCUT2D eigenvalue weighted by Gasteiger charge is 2.13. The maximum absolute atomic E-state index is 6.11. The van der Waals surface area contributed by atoms with Crippen molar-refractivity contribution in [1.29, 1.82) is 0 Å². The Morgan fingerprint density at radius 1 is 0.885 bits per heavy atom. The van der Waals surface area contributed by atoms with Gasteiger partial charge in [0.2, 0.25) is 0 Å². The summed E-state index contributed by atoms with van der Waals surface area (Å²) in [5, 5.41) is 3.43. The second kappa shape index (κ2) is 9.10. The van der Waals surface area contributed by atoms with Gasteiger partial charge in [-0.15, -0.1) is 0 Å². The molecule has 3 nitrogen and oxygen atoms in total. The van der Waals surface area contributed by atoms with Crippen molar-refractivity contribution in [3.05, 3.63) is 86.8 Å². The zero-order valence-electron chi connectivity index (χ0n) is 14.3. The van der Waals surface area contributed by atoms with Crippen LogP contribution in [0.25, 0.3) is 0 Å². The molecule has 0 spiro atoms. The number of hydrogen-bond donors (Lipinski definition) is 1. The first-order valence-electron chi connectivity index (χ1n) is 8.18. The Morgan fingerprint density at radius 3 is 2.31 bits per heavy atom. The third-order valence-corrected chi connectivity index (χ3v) is 4.86. The first-order chi connectivity index (χ1) is 12.7. The number of methoxy groups -OCH3 is 1. The summed E-state index contributed by atoms with van der Waals surface area (Å²) >= 11 is 7.00. The molecule has 0 aromatic heterocycles. The average Bonchev–Trinajstić information content (AvgIpc) is 2.67. The summed E-state index contributed by atoms with van der Waals surface area (Å²) in [5.74, 6) is 1.46. The van der Waals surface area contributed by atoms with E-state index in [0.29, 0.717) is 18.9 Å². The number of rotatable bonds is 7. The lowest BCUT2D eigenvalue weighted by molar-refractivity contribution is 0.281. The third kappa shape index (κ3) is 5.02. The Hall–Kier alpha value is -1.98. The molecule has 1 N–H and O–H groups in total. The van der Waals surface area contributed by atoms with E-state index < -0.39 is 0 Å². The van der Waals surface area contributed by atoms with E-state index in [2.05, 4.69) is 43.2 Å². The number of hydrogen-bond acceptors (Lipinski definition) is 3. The second-order valence-electron chi connectivity index (χ2n) is 5.73. The summed E-state index contributed by atoms with van der Waals surface area (Å²) in [4.78, 5) is 0. The molecule has 0 bridgehead atoms. The van der Waals surface area contributed by atoms with Gasteiger partial charge in [0.1, 0.15) is 6.61 Å². The van der Waals surface area contributed by atoms with Gasteiger partial charge in [0.15, 0.2) is 11.5 Å². The molecular weight excluding hydrogens is 458 g/mol. The van der Waals surface area contributed by atoms with Gasteiger partial charge in [-0.3, -0.25) is 0 Å². The van der Waals surface area contributed by atoms with Crippen molar-refractivity contribution >= 4 is 37.5 Å². The van der Waals surface area contributed by atoms with Gasteiger partial charge in [-0.05, 0) is 42.0 Å². The van der Waals surface area contributed by atoms with Gasteiger partial charge in [-0.25, -0.2) is 0 Å². The fourth-order valence-corrected chi connectivity index (χ4v) is 3.31. The van der Waals surface area contributed by atoms with Gasteiger partial charge in [0.25, 0.3) is 0 Å². The smallest absolute Gasteiger partial charge is 0.166 e. The average molecular weight is 477 g/mol.